The van der Waals surface area contributed by atoms with E-state index >= 15 is 0 Å². The molecule has 236 valence electrons. The number of furan rings is 2. The Morgan fingerprint density at radius 2 is 1.02 bits per heavy atom. The van der Waals surface area contributed by atoms with Crippen molar-refractivity contribution in [2.24, 2.45) is 0 Å². The van der Waals surface area contributed by atoms with Crippen molar-refractivity contribution < 1.29 is 8.83 Å². The lowest BCUT2D eigenvalue weighted by molar-refractivity contribution is 0.669. The Hall–Kier alpha value is -6.72. The minimum Gasteiger partial charge on any atom is -0.456 e. The topological polar surface area (TPSA) is 32.8 Å². The monoisotopic (exact) mass is 650 g/mol. The van der Waals surface area contributed by atoms with Crippen molar-refractivity contribution in [1.82, 2.24) is 0 Å². The van der Waals surface area contributed by atoms with Crippen molar-refractivity contribution in [3.05, 3.63) is 164 Å². The first-order chi connectivity index (χ1) is 25.3. The van der Waals surface area contributed by atoms with Crippen LogP contribution in [0.15, 0.2) is 173 Å². The Morgan fingerprint density at radius 1 is 0.392 bits per heavy atom. The van der Waals surface area contributed by atoms with Crippen molar-refractivity contribution in [3.8, 4) is 0 Å². The summed E-state index contributed by atoms with van der Waals surface area (Å²) in [7, 11) is 0. The maximum Gasteiger partial charge on any atom is 0.252 e. The molecule has 5 heteroatoms. The van der Waals surface area contributed by atoms with Gasteiger partial charge in [0.1, 0.15) is 22.3 Å². The third-order valence-electron chi connectivity index (χ3n) is 11.0. The summed E-state index contributed by atoms with van der Waals surface area (Å²) in [6, 6.07) is 58.9. The second-order valence-corrected chi connectivity index (χ2v) is 13.6. The first-order valence-electron chi connectivity index (χ1n) is 17.5. The highest BCUT2D eigenvalue weighted by Crippen LogP contribution is 2.47. The predicted molar refractivity (Wildman–Crippen MR) is 213 cm³/mol. The van der Waals surface area contributed by atoms with E-state index in [2.05, 4.69) is 168 Å². The molecule has 51 heavy (non-hydrogen) atoms. The van der Waals surface area contributed by atoms with Crippen molar-refractivity contribution in [1.29, 1.82) is 0 Å². The number of nitrogens with zero attached hydrogens (tertiary/aromatic N) is 2. The van der Waals surface area contributed by atoms with E-state index in [-0.39, 0.29) is 6.71 Å². The van der Waals surface area contributed by atoms with Crippen LogP contribution in [0, 0.1) is 0 Å². The molecule has 0 saturated carbocycles. The van der Waals surface area contributed by atoms with Gasteiger partial charge in [-0.3, -0.25) is 0 Å². The number of benzene rings is 8. The highest BCUT2D eigenvalue weighted by Gasteiger charge is 2.43. The average molecular weight is 651 g/mol. The fourth-order valence-electron chi connectivity index (χ4n) is 8.95. The van der Waals surface area contributed by atoms with Crippen LogP contribution in [0.1, 0.15) is 0 Å². The van der Waals surface area contributed by atoms with Gasteiger partial charge in [-0.15, -0.1) is 0 Å². The Bertz CT molecular complexity index is 3080. The van der Waals surface area contributed by atoms with Gasteiger partial charge in [0.05, 0.1) is 11.1 Å². The molecule has 0 saturated heterocycles. The van der Waals surface area contributed by atoms with Crippen LogP contribution >= 0.6 is 0 Å². The normalized spacial score (nSPS) is 13.4. The molecular weight excluding hydrogens is 623 g/mol. The highest BCUT2D eigenvalue weighted by atomic mass is 16.3. The molecule has 0 atom stereocenters. The predicted octanol–water partition coefficient (Wildman–Crippen LogP) is 10.7. The second-order valence-electron chi connectivity index (χ2n) is 13.6. The fraction of sp³-hybridized carbons (Fsp3) is 0. The average Bonchev–Trinajstić information content (AvgIpc) is 3.76. The number of hydrogen-bond donors (Lipinski definition) is 0. The number of hydrogen-bond acceptors (Lipinski definition) is 4. The summed E-state index contributed by atoms with van der Waals surface area (Å²) >= 11 is 0. The van der Waals surface area contributed by atoms with Crippen molar-refractivity contribution in [2.75, 3.05) is 9.80 Å². The summed E-state index contributed by atoms with van der Waals surface area (Å²) in [4.78, 5) is 4.91. The van der Waals surface area contributed by atoms with E-state index in [1.807, 2.05) is 6.07 Å². The number of rotatable bonds is 2. The zero-order chi connectivity index (χ0) is 33.2. The van der Waals surface area contributed by atoms with Crippen LogP contribution in [0.4, 0.5) is 34.1 Å². The zero-order valence-electron chi connectivity index (χ0n) is 27.4. The van der Waals surface area contributed by atoms with Crippen LogP contribution < -0.4 is 26.2 Å². The molecule has 12 rings (SSSR count). The van der Waals surface area contributed by atoms with Crippen LogP contribution in [-0.2, 0) is 0 Å². The minimum absolute atomic E-state index is 0.0706. The molecule has 0 spiro atoms. The maximum atomic E-state index is 6.54. The van der Waals surface area contributed by atoms with E-state index in [4.69, 9.17) is 8.83 Å². The first kappa shape index (κ1) is 27.1. The van der Waals surface area contributed by atoms with Gasteiger partial charge in [-0.1, -0.05) is 97.1 Å². The molecule has 0 fully saturated rings. The van der Waals surface area contributed by atoms with E-state index in [1.54, 1.807) is 0 Å². The van der Waals surface area contributed by atoms with Crippen LogP contribution in [0.2, 0.25) is 0 Å². The Labute approximate surface area is 293 Å². The van der Waals surface area contributed by atoms with Crippen molar-refractivity contribution >= 4 is 112 Å². The third-order valence-corrected chi connectivity index (χ3v) is 11.0. The summed E-state index contributed by atoms with van der Waals surface area (Å²) in [5.41, 5.74) is 14.4. The molecule has 2 aliphatic rings. The summed E-state index contributed by atoms with van der Waals surface area (Å²) in [5.74, 6) is 0. The standard InChI is InChI=1S/C46H27BN2O2/c1-2-12-30-28(11-1)23-25-31-33-27-29(24-26-42(33)51-46(30)31)48-36-16-6-4-14-34(36)47-35-15-5-7-17-37(35)49(40-20-9-19-39(48)45(40)47)38-18-10-22-43-44(38)32-13-3-8-21-41(32)50-43/h1-27H. The van der Waals surface area contributed by atoms with Gasteiger partial charge in [0, 0.05) is 50.0 Å². The molecule has 4 heterocycles. The highest BCUT2D eigenvalue weighted by molar-refractivity contribution is 7.00. The molecule has 0 amide bonds. The van der Waals surface area contributed by atoms with Gasteiger partial charge >= 0.3 is 0 Å². The molecule has 2 aliphatic heterocycles. The Balaban J connectivity index is 1.13. The van der Waals surface area contributed by atoms with E-state index in [0.717, 1.165) is 60.6 Å². The Kier molecular flexibility index (Phi) is 5.29. The largest absolute Gasteiger partial charge is 0.456 e. The summed E-state index contributed by atoms with van der Waals surface area (Å²) in [6.07, 6.45) is 0. The van der Waals surface area contributed by atoms with Gasteiger partial charge in [0.25, 0.3) is 6.71 Å². The number of fused-ring (bicyclic) bond motifs is 12. The first-order valence-corrected chi connectivity index (χ1v) is 17.5. The molecule has 2 aromatic heterocycles. The molecule has 0 N–H and O–H groups in total. The van der Waals surface area contributed by atoms with Gasteiger partial charge < -0.3 is 18.6 Å². The molecule has 0 aliphatic carbocycles. The lowest BCUT2D eigenvalue weighted by Gasteiger charge is -2.44. The van der Waals surface area contributed by atoms with E-state index in [1.165, 1.54) is 44.5 Å². The van der Waals surface area contributed by atoms with E-state index in [9.17, 15) is 0 Å². The van der Waals surface area contributed by atoms with Crippen molar-refractivity contribution in [3.63, 3.8) is 0 Å². The maximum absolute atomic E-state index is 6.54. The van der Waals surface area contributed by atoms with Gasteiger partial charge in [0.15, 0.2) is 0 Å². The van der Waals surface area contributed by atoms with Crippen LogP contribution in [-0.4, -0.2) is 6.71 Å². The summed E-state index contributed by atoms with van der Waals surface area (Å²) < 4.78 is 12.9. The van der Waals surface area contributed by atoms with Crippen molar-refractivity contribution in [2.45, 2.75) is 0 Å². The molecular formula is C46H27BN2O2. The second kappa shape index (κ2) is 9.93. The summed E-state index contributed by atoms with van der Waals surface area (Å²) in [5, 5.41) is 6.80. The smallest absolute Gasteiger partial charge is 0.252 e. The number of para-hydroxylation sites is 3. The van der Waals surface area contributed by atoms with Gasteiger partial charge in [0.2, 0.25) is 0 Å². The number of anilines is 6. The molecule has 4 nitrogen and oxygen atoms in total. The lowest BCUT2D eigenvalue weighted by Crippen LogP contribution is -2.61. The van der Waals surface area contributed by atoms with Gasteiger partial charge in [-0.25, -0.2) is 0 Å². The summed E-state index contributed by atoms with van der Waals surface area (Å²) in [6.45, 7) is 0.0706. The van der Waals surface area contributed by atoms with Crippen LogP contribution in [0.5, 0.6) is 0 Å². The Morgan fingerprint density at radius 3 is 1.88 bits per heavy atom. The third kappa shape index (κ3) is 3.59. The minimum atomic E-state index is 0.0706. The van der Waals surface area contributed by atoms with E-state index in [0.29, 0.717) is 0 Å². The van der Waals surface area contributed by atoms with Gasteiger partial charge in [-0.2, -0.15) is 0 Å². The molecule has 0 bridgehead atoms. The zero-order valence-corrected chi connectivity index (χ0v) is 27.4. The van der Waals surface area contributed by atoms with E-state index < -0.39 is 0 Å². The van der Waals surface area contributed by atoms with Crippen LogP contribution in [0.3, 0.4) is 0 Å². The molecule has 0 unspecified atom stereocenters. The molecule has 8 aromatic carbocycles. The molecule has 10 aromatic rings. The molecule has 0 radical (unpaired) electrons. The quantitative estimate of drug-likeness (QED) is 0.174. The van der Waals surface area contributed by atoms with Gasteiger partial charge in [-0.05, 0) is 88.5 Å². The lowest BCUT2D eigenvalue weighted by atomic mass is 9.33. The fourth-order valence-corrected chi connectivity index (χ4v) is 8.95. The van der Waals surface area contributed by atoms with Crippen LogP contribution in [0.25, 0.3) is 54.6 Å². The SMILES string of the molecule is c1ccc2c(c1)B1c3ccccc3N(c3cccc4oc5ccccc5c34)c3cccc(c31)N2c1ccc2oc3c4ccccc4ccc3c2c1.